The Kier molecular flexibility index (Phi) is 4.28. The molecule has 7 heteroatoms. The molecule has 0 aliphatic rings. The Morgan fingerprint density at radius 2 is 2.00 bits per heavy atom. The second-order valence-electron chi connectivity index (χ2n) is 4.06. The highest BCUT2D eigenvalue weighted by molar-refractivity contribution is 9.10. The molecule has 0 radical (unpaired) electrons. The number of carbonyl (C=O) groups is 1. The molecule has 19 heavy (non-hydrogen) atoms. The van der Waals surface area contributed by atoms with E-state index in [-0.39, 0.29) is 6.42 Å². The minimum atomic E-state index is -0.482. The molecular weight excluding hydrogens is 312 g/mol. The number of hydrogen-bond acceptors (Lipinski definition) is 5. The van der Waals surface area contributed by atoms with Gasteiger partial charge in [-0.1, -0.05) is 15.9 Å². The first-order chi connectivity index (χ1) is 9.06. The van der Waals surface area contributed by atoms with Crippen LogP contribution in [0.5, 0.6) is 0 Å². The molecule has 1 atom stereocenters. The summed E-state index contributed by atoms with van der Waals surface area (Å²) >= 11 is 3.35. The molecule has 0 spiro atoms. The lowest BCUT2D eigenvalue weighted by Gasteiger charge is -2.03. The minimum absolute atomic E-state index is 0.192. The molecule has 6 nitrogen and oxygen atoms in total. The van der Waals surface area contributed by atoms with Crippen LogP contribution in [0.2, 0.25) is 0 Å². The summed E-state index contributed by atoms with van der Waals surface area (Å²) in [4.78, 5) is 10.7. The van der Waals surface area contributed by atoms with Crippen molar-refractivity contribution in [2.45, 2.75) is 18.9 Å². The average Bonchev–Trinajstić information content (AvgIpc) is 2.86. The third-order valence-electron chi connectivity index (χ3n) is 2.55. The number of benzene rings is 1. The smallest absolute Gasteiger partial charge is 0.247 e. The lowest BCUT2D eigenvalue weighted by atomic mass is 10.1. The number of nitrogens with zero attached hydrogens (tertiary/aromatic N) is 2. The molecule has 100 valence electrons. The van der Waals surface area contributed by atoms with Gasteiger partial charge in [0.15, 0.2) is 0 Å². The SMILES string of the molecule is NC(=O)CC[C@H](N)c1nnc(-c2ccc(Br)cc2)o1. The summed E-state index contributed by atoms with van der Waals surface area (Å²) in [6.45, 7) is 0. The van der Waals surface area contributed by atoms with Gasteiger partial charge in [0.05, 0.1) is 6.04 Å². The summed E-state index contributed by atoms with van der Waals surface area (Å²) in [5.41, 5.74) is 11.7. The van der Waals surface area contributed by atoms with Crippen molar-refractivity contribution in [1.29, 1.82) is 0 Å². The van der Waals surface area contributed by atoms with Crippen LogP contribution in [-0.4, -0.2) is 16.1 Å². The Bertz CT molecular complexity index is 567. The monoisotopic (exact) mass is 324 g/mol. The van der Waals surface area contributed by atoms with Crippen LogP contribution >= 0.6 is 15.9 Å². The summed E-state index contributed by atoms with van der Waals surface area (Å²) in [6.07, 6.45) is 0.578. The van der Waals surface area contributed by atoms with E-state index in [0.717, 1.165) is 10.0 Å². The van der Waals surface area contributed by atoms with E-state index >= 15 is 0 Å². The van der Waals surface area contributed by atoms with Crippen molar-refractivity contribution in [3.05, 3.63) is 34.6 Å². The predicted octanol–water partition coefficient (Wildman–Crippen LogP) is 1.76. The normalized spacial score (nSPS) is 12.3. The van der Waals surface area contributed by atoms with Crippen molar-refractivity contribution in [3.63, 3.8) is 0 Å². The van der Waals surface area contributed by atoms with Gasteiger partial charge in [-0.05, 0) is 30.7 Å². The first-order valence-corrected chi connectivity index (χ1v) is 6.49. The molecule has 0 unspecified atom stereocenters. The summed E-state index contributed by atoms with van der Waals surface area (Å²) in [6, 6.07) is 7.00. The molecule has 0 fully saturated rings. The summed E-state index contributed by atoms with van der Waals surface area (Å²) in [7, 11) is 0. The number of primary amides is 1. The molecule has 0 saturated carbocycles. The van der Waals surface area contributed by atoms with E-state index in [4.69, 9.17) is 15.9 Å². The van der Waals surface area contributed by atoms with E-state index in [9.17, 15) is 4.79 Å². The molecule has 4 N–H and O–H groups in total. The fourth-order valence-electron chi connectivity index (χ4n) is 1.51. The Morgan fingerprint density at radius 1 is 1.32 bits per heavy atom. The van der Waals surface area contributed by atoms with E-state index in [1.807, 2.05) is 24.3 Å². The van der Waals surface area contributed by atoms with Crippen molar-refractivity contribution in [2.75, 3.05) is 0 Å². The third-order valence-corrected chi connectivity index (χ3v) is 3.08. The van der Waals surface area contributed by atoms with E-state index in [2.05, 4.69) is 26.1 Å². The van der Waals surface area contributed by atoms with Crippen LogP contribution in [0.15, 0.2) is 33.2 Å². The molecular formula is C12H13BrN4O2. The molecule has 1 amide bonds. The van der Waals surface area contributed by atoms with Gasteiger partial charge in [-0.3, -0.25) is 4.79 Å². The quantitative estimate of drug-likeness (QED) is 0.871. The van der Waals surface area contributed by atoms with Crippen molar-refractivity contribution in [3.8, 4) is 11.5 Å². The van der Waals surface area contributed by atoms with Gasteiger partial charge in [0, 0.05) is 16.5 Å². The number of hydrogen-bond donors (Lipinski definition) is 2. The number of rotatable bonds is 5. The standard InChI is InChI=1S/C12H13BrN4O2/c13-8-3-1-7(2-4-8)11-16-17-12(19-11)9(14)5-6-10(15)18/h1-4,9H,5-6,14H2,(H2,15,18)/t9-/m0/s1. The summed E-state index contributed by atoms with van der Waals surface area (Å²) in [5.74, 6) is 0.305. The zero-order valence-electron chi connectivity index (χ0n) is 10.0. The van der Waals surface area contributed by atoms with Gasteiger partial charge in [0.2, 0.25) is 17.7 Å². The van der Waals surface area contributed by atoms with Crippen LogP contribution in [-0.2, 0) is 4.79 Å². The van der Waals surface area contributed by atoms with Gasteiger partial charge >= 0.3 is 0 Å². The zero-order chi connectivity index (χ0) is 13.8. The highest BCUT2D eigenvalue weighted by Gasteiger charge is 2.16. The minimum Gasteiger partial charge on any atom is -0.419 e. The average molecular weight is 325 g/mol. The Hall–Kier alpha value is -1.73. The second-order valence-corrected chi connectivity index (χ2v) is 4.98. The van der Waals surface area contributed by atoms with Crippen LogP contribution in [0.3, 0.4) is 0 Å². The first-order valence-electron chi connectivity index (χ1n) is 5.69. The number of amides is 1. The molecule has 0 aliphatic heterocycles. The van der Waals surface area contributed by atoms with Gasteiger partial charge in [-0.15, -0.1) is 10.2 Å². The van der Waals surface area contributed by atoms with Gasteiger partial charge in [-0.2, -0.15) is 0 Å². The van der Waals surface area contributed by atoms with Crippen LogP contribution in [0.1, 0.15) is 24.8 Å². The Labute approximate surface area is 118 Å². The number of aromatic nitrogens is 2. The molecule has 0 bridgehead atoms. The lowest BCUT2D eigenvalue weighted by molar-refractivity contribution is -0.118. The molecule has 2 rings (SSSR count). The Balaban J connectivity index is 2.10. The molecule has 1 aromatic carbocycles. The van der Waals surface area contributed by atoms with E-state index in [1.54, 1.807) is 0 Å². The molecule has 0 aliphatic carbocycles. The largest absolute Gasteiger partial charge is 0.419 e. The van der Waals surface area contributed by atoms with E-state index in [1.165, 1.54) is 0 Å². The van der Waals surface area contributed by atoms with Crippen LogP contribution < -0.4 is 11.5 Å². The van der Waals surface area contributed by atoms with E-state index in [0.29, 0.717) is 18.2 Å². The van der Waals surface area contributed by atoms with Gasteiger partial charge in [-0.25, -0.2) is 0 Å². The maximum atomic E-state index is 10.7. The van der Waals surface area contributed by atoms with E-state index < -0.39 is 11.9 Å². The van der Waals surface area contributed by atoms with Gasteiger partial charge in [0.1, 0.15) is 0 Å². The van der Waals surface area contributed by atoms with Crippen molar-refractivity contribution >= 4 is 21.8 Å². The highest BCUT2D eigenvalue weighted by atomic mass is 79.9. The zero-order valence-corrected chi connectivity index (χ0v) is 11.6. The number of halogens is 1. The first kappa shape index (κ1) is 13.7. The van der Waals surface area contributed by atoms with Gasteiger partial charge < -0.3 is 15.9 Å². The topological polar surface area (TPSA) is 108 Å². The predicted molar refractivity (Wildman–Crippen MR) is 72.8 cm³/mol. The van der Waals surface area contributed by atoms with Crippen LogP contribution in [0, 0.1) is 0 Å². The molecule has 0 saturated heterocycles. The number of nitrogens with two attached hydrogens (primary N) is 2. The molecule has 1 heterocycles. The highest BCUT2D eigenvalue weighted by Crippen LogP contribution is 2.23. The van der Waals surface area contributed by atoms with Crippen molar-refractivity contribution in [2.24, 2.45) is 11.5 Å². The summed E-state index contributed by atoms with van der Waals surface area (Å²) < 4.78 is 6.46. The maximum Gasteiger partial charge on any atom is 0.247 e. The van der Waals surface area contributed by atoms with Crippen molar-refractivity contribution in [1.82, 2.24) is 10.2 Å². The number of carbonyl (C=O) groups excluding carboxylic acids is 1. The lowest BCUT2D eigenvalue weighted by Crippen LogP contribution is -2.16. The van der Waals surface area contributed by atoms with Gasteiger partial charge in [0.25, 0.3) is 0 Å². The molecule has 1 aromatic heterocycles. The maximum absolute atomic E-state index is 10.7. The third kappa shape index (κ3) is 3.62. The van der Waals surface area contributed by atoms with Crippen LogP contribution in [0.25, 0.3) is 11.5 Å². The fourth-order valence-corrected chi connectivity index (χ4v) is 1.78. The molecule has 2 aromatic rings. The second kappa shape index (κ2) is 5.94. The van der Waals surface area contributed by atoms with Crippen molar-refractivity contribution < 1.29 is 9.21 Å². The van der Waals surface area contributed by atoms with Crippen LogP contribution in [0.4, 0.5) is 0 Å². The summed E-state index contributed by atoms with van der Waals surface area (Å²) in [5, 5.41) is 7.82. The Morgan fingerprint density at radius 3 is 2.63 bits per heavy atom. The fraction of sp³-hybridized carbons (Fsp3) is 0.250.